The zero-order valence-electron chi connectivity index (χ0n) is 12.3. The van der Waals surface area contributed by atoms with Gasteiger partial charge in [0.05, 0.1) is 12.1 Å². The quantitative estimate of drug-likeness (QED) is 0.786. The minimum Gasteiger partial charge on any atom is -0.508 e. The number of aromatic hydroxyl groups is 1. The Bertz CT molecular complexity index is 400. The predicted molar refractivity (Wildman–Crippen MR) is 78.6 cm³/mol. The van der Waals surface area contributed by atoms with Crippen LogP contribution < -0.4 is 10.6 Å². The Balaban J connectivity index is 0.000000240. The topological polar surface area (TPSA) is 70.6 Å². The van der Waals surface area contributed by atoms with Crippen molar-refractivity contribution in [2.75, 3.05) is 20.2 Å². The molecule has 1 fully saturated rings. The van der Waals surface area contributed by atoms with Crippen molar-refractivity contribution in [2.45, 2.75) is 32.4 Å². The van der Waals surface area contributed by atoms with E-state index in [4.69, 9.17) is 9.84 Å². The van der Waals surface area contributed by atoms with Crippen molar-refractivity contribution >= 4 is 5.91 Å². The average molecular weight is 280 g/mol. The number of phenols is 1. The van der Waals surface area contributed by atoms with Crippen LogP contribution in [0.2, 0.25) is 0 Å². The molecule has 0 spiro atoms. The van der Waals surface area contributed by atoms with E-state index in [0.717, 1.165) is 18.7 Å². The summed E-state index contributed by atoms with van der Waals surface area (Å²) in [7, 11) is 1.76. The highest BCUT2D eigenvalue weighted by atomic mass is 16.5. The molecule has 1 aromatic rings. The number of hydrogen-bond donors (Lipinski definition) is 3. The van der Waals surface area contributed by atoms with Crippen molar-refractivity contribution in [1.29, 1.82) is 0 Å². The zero-order chi connectivity index (χ0) is 15.0. The molecule has 0 aromatic heterocycles. The van der Waals surface area contributed by atoms with Gasteiger partial charge in [0.1, 0.15) is 5.75 Å². The fourth-order valence-corrected chi connectivity index (χ4v) is 1.98. The summed E-state index contributed by atoms with van der Waals surface area (Å²) in [6.45, 7) is 5.54. The second-order valence-electron chi connectivity index (χ2n) is 4.86. The molecule has 1 heterocycles. The maximum atomic E-state index is 10.7. The van der Waals surface area contributed by atoms with Crippen LogP contribution in [0.1, 0.15) is 31.9 Å². The van der Waals surface area contributed by atoms with Crippen molar-refractivity contribution in [2.24, 2.45) is 0 Å². The van der Waals surface area contributed by atoms with Crippen LogP contribution in [0.15, 0.2) is 24.3 Å². The largest absolute Gasteiger partial charge is 0.508 e. The molecule has 5 nitrogen and oxygen atoms in total. The van der Waals surface area contributed by atoms with Gasteiger partial charge in [0.2, 0.25) is 5.91 Å². The van der Waals surface area contributed by atoms with E-state index in [1.54, 1.807) is 31.4 Å². The van der Waals surface area contributed by atoms with Crippen LogP contribution >= 0.6 is 0 Å². The van der Waals surface area contributed by atoms with Crippen molar-refractivity contribution in [1.82, 2.24) is 10.6 Å². The van der Waals surface area contributed by atoms with Gasteiger partial charge in [0.25, 0.3) is 0 Å². The summed E-state index contributed by atoms with van der Waals surface area (Å²) in [6.07, 6.45) is 1.66. The van der Waals surface area contributed by atoms with E-state index in [9.17, 15) is 4.79 Å². The first-order valence-corrected chi connectivity index (χ1v) is 6.82. The molecule has 1 amide bonds. The normalized spacial score (nSPS) is 18.9. The molecule has 1 aromatic carbocycles. The number of hydrogen-bond acceptors (Lipinski definition) is 4. The number of carbonyl (C=O) groups excluding carboxylic acids is 1. The van der Waals surface area contributed by atoms with Crippen molar-refractivity contribution in [3.8, 4) is 5.75 Å². The van der Waals surface area contributed by atoms with Gasteiger partial charge in [-0.15, -0.1) is 0 Å². The molecule has 3 N–H and O–H groups in total. The summed E-state index contributed by atoms with van der Waals surface area (Å²) < 4.78 is 5.05. The van der Waals surface area contributed by atoms with E-state index in [1.807, 2.05) is 6.92 Å². The summed E-state index contributed by atoms with van der Waals surface area (Å²) in [4.78, 5) is 10.7. The average Bonchev–Trinajstić information content (AvgIpc) is 2.92. The molecule has 2 atom stereocenters. The SMILES string of the molecule is CC(=O)NC(C)c1ccc(O)cc1.COC1CCNC1. The number of carbonyl (C=O) groups is 1. The van der Waals surface area contributed by atoms with E-state index in [0.29, 0.717) is 6.10 Å². The smallest absolute Gasteiger partial charge is 0.217 e. The molecule has 5 heteroatoms. The molecular weight excluding hydrogens is 256 g/mol. The number of amides is 1. The summed E-state index contributed by atoms with van der Waals surface area (Å²) in [6, 6.07) is 6.77. The van der Waals surface area contributed by atoms with E-state index in [2.05, 4.69) is 10.6 Å². The molecule has 20 heavy (non-hydrogen) atoms. The molecule has 2 unspecified atom stereocenters. The lowest BCUT2D eigenvalue weighted by Crippen LogP contribution is -2.23. The predicted octanol–water partition coefficient (Wildman–Crippen LogP) is 1.58. The number of phenolic OH excluding ortho intramolecular Hbond substituents is 1. The Morgan fingerprint density at radius 2 is 2.10 bits per heavy atom. The lowest BCUT2D eigenvalue weighted by atomic mass is 10.1. The van der Waals surface area contributed by atoms with Gasteiger partial charge in [-0.05, 0) is 37.6 Å². The van der Waals surface area contributed by atoms with Crippen LogP contribution in [0.5, 0.6) is 5.75 Å². The first-order chi connectivity index (χ1) is 9.52. The number of ether oxygens (including phenoxy) is 1. The summed E-state index contributed by atoms with van der Waals surface area (Å²) in [5.74, 6) is 0.180. The third-order valence-corrected chi connectivity index (χ3v) is 3.16. The van der Waals surface area contributed by atoms with Crippen molar-refractivity contribution in [3.63, 3.8) is 0 Å². The minimum absolute atomic E-state index is 0.0156. The Morgan fingerprint density at radius 3 is 2.50 bits per heavy atom. The zero-order valence-corrected chi connectivity index (χ0v) is 12.3. The summed E-state index contributed by atoms with van der Waals surface area (Å²) in [5, 5.41) is 15.0. The van der Waals surface area contributed by atoms with Crippen LogP contribution in [0.3, 0.4) is 0 Å². The van der Waals surface area contributed by atoms with E-state index in [1.165, 1.54) is 13.3 Å². The van der Waals surface area contributed by atoms with Crippen LogP contribution in [0.4, 0.5) is 0 Å². The highest BCUT2D eigenvalue weighted by Crippen LogP contribution is 2.15. The van der Waals surface area contributed by atoms with Crippen LogP contribution in [0.25, 0.3) is 0 Å². The van der Waals surface area contributed by atoms with E-state index < -0.39 is 0 Å². The molecule has 1 aliphatic rings. The fourth-order valence-electron chi connectivity index (χ4n) is 1.98. The van der Waals surface area contributed by atoms with E-state index >= 15 is 0 Å². The molecule has 1 aliphatic heterocycles. The Kier molecular flexibility index (Phi) is 7.04. The second-order valence-corrected chi connectivity index (χ2v) is 4.86. The standard InChI is InChI=1S/C10H13NO2.C5H11NO/c1-7(11-8(2)12)9-3-5-10(13)6-4-9;1-7-5-2-3-6-4-5/h3-7,13H,1-2H3,(H,11,12);5-6H,2-4H2,1H3. The number of methoxy groups -OCH3 is 1. The van der Waals surface area contributed by atoms with Gasteiger partial charge >= 0.3 is 0 Å². The van der Waals surface area contributed by atoms with Gasteiger partial charge in [-0.1, -0.05) is 12.1 Å². The van der Waals surface area contributed by atoms with Crippen molar-refractivity contribution < 1.29 is 14.6 Å². The monoisotopic (exact) mass is 280 g/mol. The van der Waals surface area contributed by atoms with E-state index in [-0.39, 0.29) is 17.7 Å². The highest BCUT2D eigenvalue weighted by molar-refractivity contribution is 5.73. The highest BCUT2D eigenvalue weighted by Gasteiger charge is 2.11. The number of nitrogens with one attached hydrogen (secondary N) is 2. The van der Waals surface area contributed by atoms with Gasteiger partial charge in [0.15, 0.2) is 0 Å². The maximum absolute atomic E-state index is 10.7. The van der Waals surface area contributed by atoms with Gasteiger partial charge in [0, 0.05) is 20.6 Å². The number of benzene rings is 1. The summed E-state index contributed by atoms with van der Waals surface area (Å²) in [5.41, 5.74) is 0.980. The third-order valence-electron chi connectivity index (χ3n) is 3.16. The first-order valence-electron chi connectivity index (χ1n) is 6.82. The lowest BCUT2D eigenvalue weighted by molar-refractivity contribution is -0.119. The molecule has 2 rings (SSSR count). The Hall–Kier alpha value is -1.59. The lowest BCUT2D eigenvalue weighted by Gasteiger charge is -2.12. The molecular formula is C15H24N2O3. The minimum atomic E-state index is -0.0550. The summed E-state index contributed by atoms with van der Waals surface area (Å²) >= 11 is 0. The van der Waals surface area contributed by atoms with Gasteiger partial charge in [-0.25, -0.2) is 0 Å². The molecule has 112 valence electrons. The Morgan fingerprint density at radius 1 is 1.45 bits per heavy atom. The number of rotatable bonds is 3. The molecule has 0 aliphatic carbocycles. The van der Waals surface area contributed by atoms with Gasteiger partial charge in [-0.3, -0.25) is 4.79 Å². The second kappa shape index (κ2) is 8.55. The molecule has 0 bridgehead atoms. The van der Waals surface area contributed by atoms with Crippen molar-refractivity contribution in [3.05, 3.63) is 29.8 Å². The maximum Gasteiger partial charge on any atom is 0.217 e. The van der Waals surface area contributed by atoms with Gasteiger partial charge < -0.3 is 20.5 Å². The first kappa shape index (κ1) is 16.5. The van der Waals surface area contributed by atoms with Crippen LogP contribution in [-0.2, 0) is 9.53 Å². The molecule has 0 saturated carbocycles. The molecule has 1 saturated heterocycles. The van der Waals surface area contributed by atoms with Crippen LogP contribution in [-0.4, -0.2) is 37.3 Å². The molecule has 0 radical (unpaired) electrons. The van der Waals surface area contributed by atoms with Crippen LogP contribution in [0, 0.1) is 0 Å². The Labute approximate surface area is 120 Å². The third kappa shape index (κ3) is 6.04. The fraction of sp³-hybridized carbons (Fsp3) is 0.533. The van der Waals surface area contributed by atoms with Gasteiger partial charge in [-0.2, -0.15) is 0 Å².